The van der Waals surface area contributed by atoms with Gasteiger partial charge in [0.15, 0.2) is 24.5 Å². The van der Waals surface area contributed by atoms with Crippen LogP contribution in [-0.2, 0) is 23.7 Å². The Labute approximate surface area is 166 Å². The van der Waals surface area contributed by atoms with E-state index in [0.29, 0.717) is 5.57 Å². The van der Waals surface area contributed by atoms with Crippen LogP contribution in [-0.4, -0.2) is 87.0 Å². The second kappa shape index (κ2) is 5.77. The number of allylic oxidation sites excluding steroid dienone is 1. The molecule has 10 heteroatoms. The molecule has 4 aliphatic heterocycles. The summed E-state index contributed by atoms with van der Waals surface area (Å²) in [5.74, 6) is -2.35. The maximum absolute atomic E-state index is 13.2. The molecule has 2 spiro atoms. The number of hydrogen-bond acceptors (Lipinski definition) is 10. The van der Waals surface area contributed by atoms with Crippen LogP contribution in [0.15, 0.2) is 12.2 Å². The Balaban J connectivity index is 1.87. The van der Waals surface area contributed by atoms with Crippen molar-refractivity contribution in [3.63, 3.8) is 0 Å². The summed E-state index contributed by atoms with van der Waals surface area (Å²) in [4.78, 5) is 13.2. The lowest BCUT2D eigenvalue weighted by Crippen LogP contribution is -2.67. The van der Waals surface area contributed by atoms with E-state index in [0.717, 1.165) is 0 Å². The number of esters is 1. The van der Waals surface area contributed by atoms with E-state index in [4.69, 9.17) is 18.9 Å². The van der Waals surface area contributed by atoms with Gasteiger partial charge in [0.25, 0.3) is 0 Å². The first-order valence-corrected chi connectivity index (χ1v) is 9.80. The van der Waals surface area contributed by atoms with Gasteiger partial charge in [0.1, 0.15) is 18.3 Å². The molecule has 5 rings (SSSR count). The van der Waals surface area contributed by atoms with Crippen molar-refractivity contribution in [2.24, 2.45) is 22.7 Å². The third kappa shape index (κ3) is 1.74. The molecular weight excluding hydrogens is 388 g/mol. The molecule has 4 heterocycles. The summed E-state index contributed by atoms with van der Waals surface area (Å²) in [6.45, 7) is 6.63. The second-order valence-electron chi connectivity index (χ2n) is 8.97. The van der Waals surface area contributed by atoms with Gasteiger partial charge in [-0.05, 0) is 19.3 Å². The van der Waals surface area contributed by atoms with Gasteiger partial charge in [-0.2, -0.15) is 0 Å². The molecule has 0 bridgehead atoms. The average molecular weight is 414 g/mol. The molecule has 0 aromatic heterocycles. The topological polar surface area (TPSA) is 155 Å². The lowest BCUT2D eigenvalue weighted by atomic mass is 9.50. The molecule has 0 radical (unpaired) electrons. The number of aliphatic hydroxyl groups is 5. The molecule has 7 unspecified atom stereocenters. The van der Waals surface area contributed by atoms with Crippen molar-refractivity contribution >= 4 is 5.97 Å². The number of carbonyl (C=O) groups is 1. The Morgan fingerprint density at radius 1 is 1.17 bits per heavy atom. The van der Waals surface area contributed by atoms with Crippen LogP contribution < -0.4 is 0 Å². The highest BCUT2D eigenvalue weighted by molar-refractivity contribution is 5.86. The summed E-state index contributed by atoms with van der Waals surface area (Å²) < 4.78 is 22.9. The molecule has 10 nitrogen and oxygen atoms in total. The number of hydrogen-bond donors (Lipinski definition) is 5. The molecule has 5 aliphatic rings. The molecule has 0 aromatic rings. The minimum absolute atomic E-state index is 0.216. The van der Waals surface area contributed by atoms with Gasteiger partial charge in [0, 0.05) is 5.92 Å². The van der Waals surface area contributed by atoms with E-state index in [1.165, 1.54) is 6.92 Å². The standard InChI is InChI=1S/C19H26O10/c1-6(2)8-4-10-18-11(21)9(5-20)26-13(23)7(3)19(18,15(25)27-10)29-16-17(8,18)12(22)14(24)28-16/h7-14,16,20-24H,1,4-5H2,2-3H3/t7-,8+,9?,10?,11+,12+,13?,14+,16?,17?,18?,19?/m1/s1. The van der Waals surface area contributed by atoms with Crippen LogP contribution >= 0.6 is 0 Å². The summed E-state index contributed by atoms with van der Waals surface area (Å²) in [6.07, 6.45) is -9.53. The van der Waals surface area contributed by atoms with Crippen molar-refractivity contribution in [2.75, 3.05) is 6.61 Å². The fourth-order valence-corrected chi connectivity index (χ4v) is 7.14. The van der Waals surface area contributed by atoms with Gasteiger partial charge in [-0.25, -0.2) is 4.79 Å². The largest absolute Gasteiger partial charge is 0.459 e. The number of rotatable bonds is 2. The molecule has 5 fully saturated rings. The number of aliphatic hydroxyl groups excluding tert-OH is 5. The van der Waals surface area contributed by atoms with E-state index in [-0.39, 0.29) is 6.42 Å². The Bertz CT molecular complexity index is 772. The normalized spacial score (nSPS) is 60.4. The molecule has 4 saturated heterocycles. The lowest BCUT2D eigenvalue weighted by Gasteiger charge is -2.49. The van der Waals surface area contributed by atoms with Crippen LogP contribution in [0.1, 0.15) is 20.3 Å². The second-order valence-corrected chi connectivity index (χ2v) is 8.97. The third-order valence-electron chi connectivity index (χ3n) is 8.10. The van der Waals surface area contributed by atoms with Gasteiger partial charge in [0.2, 0.25) is 0 Å². The summed E-state index contributed by atoms with van der Waals surface area (Å²) in [5.41, 5.74) is -4.41. The van der Waals surface area contributed by atoms with Gasteiger partial charge in [-0.3, -0.25) is 0 Å². The van der Waals surface area contributed by atoms with Crippen molar-refractivity contribution in [3.8, 4) is 0 Å². The molecule has 1 aliphatic carbocycles. The first kappa shape index (κ1) is 19.8. The van der Waals surface area contributed by atoms with E-state index < -0.39 is 84.1 Å². The molecule has 1 saturated carbocycles. The predicted octanol–water partition coefficient (Wildman–Crippen LogP) is -2.01. The van der Waals surface area contributed by atoms with Crippen molar-refractivity contribution in [1.29, 1.82) is 0 Å². The zero-order valence-corrected chi connectivity index (χ0v) is 16.1. The monoisotopic (exact) mass is 414 g/mol. The maximum Gasteiger partial charge on any atom is 0.340 e. The summed E-state index contributed by atoms with van der Waals surface area (Å²) in [6, 6.07) is 0. The summed E-state index contributed by atoms with van der Waals surface area (Å²) in [7, 11) is 0. The fraction of sp³-hybridized carbons (Fsp3) is 0.842. The van der Waals surface area contributed by atoms with Crippen molar-refractivity contribution in [3.05, 3.63) is 12.2 Å². The van der Waals surface area contributed by atoms with Crippen molar-refractivity contribution in [2.45, 2.75) is 69.2 Å². The Morgan fingerprint density at radius 3 is 2.48 bits per heavy atom. The Morgan fingerprint density at radius 2 is 1.86 bits per heavy atom. The van der Waals surface area contributed by atoms with Crippen LogP contribution in [0.5, 0.6) is 0 Å². The van der Waals surface area contributed by atoms with Crippen LogP contribution in [0.4, 0.5) is 0 Å². The third-order valence-corrected chi connectivity index (χ3v) is 8.10. The maximum atomic E-state index is 13.2. The average Bonchev–Trinajstić information content (AvgIpc) is 3.27. The molecular formula is C19H26O10. The Hall–Kier alpha value is -1.11. The number of ether oxygens (including phenoxy) is 4. The molecule has 29 heavy (non-hydrogen) atoms. The minimum atomic E-state index is -1.91. The summed E-state index contributed by atoms with van der Waals surface area (Å²) >= 11 is 0. The minimum Gasteiger partial charge on any atom is -0.459 e. The number of carbonyl (C=O) groups excluding carboxylic acids is 1. The van der Waals surface area contributed by atoms with Crippen molar-refractivity contribution < 1.29 is 49.3 Å². The van der Waals surface area contributed by atoms with Crippen molar-refractivity contribution in [1.82, 2.24) is 0 Å². The molecule has 162 valence electrons. The smallest absolute Gasteiger partial charge is 0.340 e. The van der Waals surface area contributed by atoms with Gasteiger partial charge in [0.05, 0.1) is 23.5 Å². The van der Waals surface area contributed by atoms with Gasteiger partial charge >= 0.3 is 5.97 Å². The van der Waals surface area contributed by atoms with E-state index in [9.17, 15) is 30.3 Å². The molecule has 12 atom stereocenters. The van der Waals surface area contributed by atoms with Gasteiger partial charge in [-0.1, -0.05) is 19.1 Å². The fourth-order valence-electron chi connectivity index (χ4n) is 7.14. The first-order valence-electron chi connectivity index (χ1n) is 9.80. The van der Waals surface area contributed by atoms with E-state index >= 15 is 0 Å². The zero-order valence-electron chi connectivity index (χ0n) is 16.1. The van der Waals surface area contributed by atoms with E-state index in [1.807, 2.05) is 0 Å². The van der Waals surface area contributed by atoms with Gasteiger partial charge < -0.3 is 44.5 Å². The quantitative estimate of drug-likeness (QED) is 0.253. The Kier molecular flexibility index (Phi) is 3.95. The first-order chi connectivity index (χ1) is 13.6. The highest BCUT2D eigenvalue weighted by atomic mass is 16.8. The molecule has 5 N–H and O–H groups in total. The SMILES string of the molecule is C=C(C)[C@@H]1CC2OC(=O)C34OC5O[C@H](O)[C@H](O)C51C23[C@@H](O)C(CO)OC(O)[C@H]4C. The highest BCUT2D eigenvalue weighted by Crippen LogP contribution is 2.80. The van der Waals surface area contributed by atoms with Gasteiger partial charge in [-0.15, -0.1) is 0 Å². The van der Waals surface area contributed by atoms with E-state index in [2.05, 4.69) is 6.58 Å². The molecule has 0 amide bonds. The predicted molar refractivity (Wildman–Crippen MR) is 91.5 cm³/mol. The lowest BCUT2D eigenvalue weighted by molar-refractivity contribution is -0.253. The van der Waals surface area contributed by atoms with Crippen LogP contribution in [0.3, 0.4) is 0 Å². The van der Waals surface area contributed by atoms with Crippen LogP contribution in [0.2, 0.25) is 0 Å². The van der Waals surface area contributed by atoms with E-state index in [1.54, 1.807) is 6.92 Å². The highest BCUT2D eigenvalue weighted by Gasteiger charge is 2.95. The molecule has 0 aromatic carbocycles. The van der Waals surface area contributed by atoms with Crippen LogP contribution in [0, 0.1) is 22.7 Å². The summed E-state index contributed by atoms with van der Waals surface area (Å²) in [5, 5.41) is 53.7. The zero-order chi connectivity index (χ0) is 21.1. The van der Waals surface area contributed by atoms with Crippen LogP contribution in [0.25, 0.3) is 0 Å².